The highest BCUT2D eigenvalue weighted by atomic mass is 19.4. The molecule has 0 bridgehead atoms. The minimum absolute atomic E-state index is 0.111. The number of hydrogen-bond donors (Lipinski definition) is 1. The summed E-state index contributed by atoms with van der Waals surface area (Å²) in [7, 11) is 1.77. The van der Waals surface area contributed by atoms with Gasteiger partial charge in [-0.1, -0.05) is 6.07 Å². The first-order valence-electron chi connectivity index (χ1n) is 6.47. The Morgan fingerprint density at radius 2 is 2.05 bits per heavy atom. The summed E-state index contributed by atoms with van der Waals surface area (Å²) in [6.07, 6.45) is -4.29. The predicted molar refractivity (Wildman–Crippen MR) is 70.6 cm³/mol. The van der Waals surface area contributed by atoms with Crippen molar-refractivity contribution >= 4 is 5.69 Å². The van der Waals surface area contributed by atoms with Crippen LogP contribution in [0.5, 0.6) is 0 Å². The number of anilines is 1. The molecule has 0 amide bonds. The van der Waals surface area contributed by atoms with Crippen LogP contribution in [-0.4, -0.2) is 26.2 Å². The van der Waals surface area contributed by atoms with E-state index in [0.29, 0.717) is 18.7 Å². The Hall–Kier alpha value is -1.23. The fraction of sp³-hybridized carbons (Fsp3) is 0.571. The summed E-state index contributed by atoms with van der Waals surface area (Å²) in [5, 5.41) is 2.99. The van der Waals surface area contributed by atoms with Gasteiger partial charge in [-0.3, -0.25) is 0 Å². The van der Waals surface area contributed by atoms with Crippen LogP contribution in [0.4, 0.5) is 18.9 Å². The van der Waals surface area contributed by atoms with E-state index < -0.39 is 11.7 Å². The zero-order valence-corrected chi connectivity index (χ0v) is 11.4. The van der Waals surface area contributed by atoms with Gasteiger partial charge in [0.2, 0.25) is 0 Å². The number of nitrogens with zero attached hydrogens (tertiary/aromatic N) is 1. The highest BCUT2D eigenvalue weighted by molar-refractivity contribution is 5.64. The monoisotopic (exact) mass is 272 g/mol. The molecule has 106 valence electrons. The first-order valence-corrected chi connectivity index (χ1v) is 6.47. The second-order valence-corrected chi connectivity index (χ2v) is 5.24. The SMILES string of the molecule is CNCC1CN(C(C)C)c2cccc(C(F)(F)F)c21. The fourth-order valence-corrected chi connectivity index (χ4v) is 2.81. The van der Waals surface area contributed by atoms with Crippen molar-refractivity contribution < 1.29 is 13.2 Å². The van der Waals surface area contributed by atoms with Gasteiger partial charge in [0.05, 0.1) is 5.56 Å². The molecule has 1 aromatic rings. The van der Waals surface area contributed by atoms with E-state index in [1.54, 1.807) is 13.1 Å². The smallest absolute Gasteiger partial charge is 0.368 e. The molecule has 5 heteroatoms. The second kappa shape index (κ2) is 5.04. The van der Waals surface area contributed by atoms with Crippen molar-refractivity contribution in [3.63, 3.8) is 0 Å². The lowest BCUT2D eigenvalue weighted by molar-refractivity contribution is -0.138. The van der Waals surface area contributed by atoms with Gasteiger partial charge in [-0.15, -0.1) is 0 Å². The third kappa shape index (κ3) is 2.56. The van der Waals surface area contributed by atoms with Crippen LogP contribution in [0.3, 0.4) is 0 Å². The molecule has 1 aliphatic rings. The number of hydrogen-bond acceptors (Lipinski definition) is 2. The van der Waals surface area contributed by atoms with Gasteiger partial charge in [0.1, 0.15) is 0 Å². The number of rotatable bonds is 3. The van der Waals surface area contributed by atoms with Crippen molar-refractivity contribution in [2.24, 2.45) is 0 Å². The van der Waals surface area contributed by atoms with Crippen LogP contribution in [0.25, 0.3) is 0 Å². The maximum absolute atomic E-state index is 13.1. The van der Waals surface area contributed by atoms with Gasteiger partial charge < -0.3 is 10.2 Å². The normalized spacial score (nSPS) is 19.1. The average molecular weight is 272 g/mol. The lowest BCUT2D eigenvalue weighted by atomic mass is 9.95. The molecule has 0 saturated carbocycles. The maximum atomic E-state index is 13.1. The van der Waals surface area contributed by atoms with Crippen molar-refractivity contribution in [2.75, 3.05) is 25.0 Å². The van der Waals surface area contributed by atoms with Crippen molar-refractivity contribution in [1.82, 2.24) is 5.32 Å². The van der Waals surface area contributed by atoms with Crippen LogP contribution in [0.2, 0.25) is 0 Å². The van der Waals surface area contributed by atoms with Crippen molar-refractivity contribution in [3.8, 4) is 0 Å². The molecule has 1 unspecified atom stereocenters. The largest absolute Gasteiger partial charge is 0.416 e. The number of nitrogens with one attached hydrogen (secondary N) is 1. The molecule has 1 aliphatic heterocycles. The summed E-state index contributed by atoms with van der Waals surface area (Å²) in [4.78, 5) is 2.05. The Morgan fingerprint density at radius 3 is 2.58 bits per heavy atom. The third-order valence-corrected chi connectivity index (χ3v) is 3.60. The Morgan fingerprint density at radius 1 is 1.37 bits per heavy atom. The second-order valence-electron chi connectivity index (χ2n) is 5.24. The van der Waals surface area contributed by atoms with Crippen molar-refractivity contribution in [3.05, 3.63) is 29.3 Å². The van der Waals surface area contributed by atoms with Crippen LogP contribution in [-0.2, 0) is 6.18 Å². The first kappa shape index (κ1) is 14.2. The Bertz CT molecular complexity index is 454. The van der Waals surface area contributed by atoms with Gasteiger partial charge in [0.15, 0.2) is 0 Å². The van der Waals surface area contributed by atoms with E-state index in [1.807, 2.05) is 18.7 Å². The van der Waals surface area contributed by atoms with E-state index in [1.165, 1.54) is 12.1 Å². The molecule has 1 atom stereocenters. The average Bonchev–Trinajstić information content (AvgIpc) is 2.67. The lowest BCUT2D eigenvalue weighted by Gasteiger charge is -2.24. The summed E-state index contributed by atoms with van der Waals surface area (Å²) < 4.78 is 39.4. The molecule has 1 heterocycles. The molecule has 1 N–H and O–H groups in total. The molecule has 2 nitrogen and oxygen atoms in total. The summed E-state index contributed by atoms with van der Waals surface area (Å²) in [5.41, 5.74) is 0.677. The molecule has 1 aromatic carbocycles. The minimum atomic E-state index is -4.29. The zero-order valence-electron chi connectivity index (χ0n) is 11.4. The molecule has 0 radical (unpaired) electrons. The molecular formula is C14H19F3N2. The summed E-state index contributed by atoms with van der Waals surface area (Å²) >= 11 is 0. The quantitative estimate of drug-likeness (QED) is 0.908. The summed E-state index contributed by atoms with van der Waals surface area (Å²) in [6.45, 7) is 5.21. The predicted octanol–water partition coefficient (Wildman–Crippen LogP) is 3.24. The lowest BCUT2D eigenvalue weighted by Crippen LogP contribution is -2.31. The van der Waals surface area contributed by atoms with E-state index in [0.717, 1.165) is 5.69 Å². The maximum Gasteiger partial charge on any atom is 0.416 e. The van der Waals surface area contributed by atoms with Gasteiger partial charge in [0.25, 0.3) is 0 Å². The van der Waals surface area contributed by atoms with Crippen LogP contribution in [0.1, 0.15) is 30.9 Å². The molecule has 2 rings (SSSR count). The standard InChI is InChI=1S/C14H19F3N2/c1-9(2)19-8-10(7-18-3)13-11(14(15,16)17)5-4-6-12(13)19/h4-6,9-10,18H,7-8H2,1-3H3. The Labute approximate surface area is 111 Å². The first-order chi connectivity index (χ1) is 8.86. The van der Waals surface area contributed by atoms with E-state index >= 15 is 0 Å². The highest BCUT2D eigenvalue weighted by Crippen LogP contribution is 2.44. The summed E-state index contributed by atoms with van der Waals surface area (Å²) in [5.74, 6) is -0.111. The summed E-state index contributed by atoms with van der Waals surface area (Å²) in [6, 6.07) is 4.67. The van der Waals surface area contributed by atoms with Gasteiger partial charge in [-0.05, 0) is 38.6 Å². The van der Waals surface area contributed by atoms with Gasteiger partial charge >= 0.3 is 6.18 Å². The van der Waals surface area contributed by atoms with E-state index in [-0.39, 0.29) is 12.0 Å². The molecule has 0 aromatic heterocycles. The van der Waals surface area contributed by atoms with Gasteiger partial charge in [0, 0.05) is 30.7 Å². The molecule has 0 spiro atoms. The number of likely N-dealkylation sites (N-methyl/N-ethyl adjacent to an activating group) is 1. The highest BCUT2D eigenvalue weighted by Gasteiger charge is 2.40. The molecule has 0 aliphatic carbocycles. The van der Waals surface area contributed by atoms with Gasteiger partial charge in [-0.25, -0.2) is 0 Å². The van der Waals surface area contributed by atoms with Crippen molar-refractivity contribution in [1.29, 1.82) is 0 Å². The fourth-order valence-electron chi connectivity index (χ4n) is 2.81. The van der Waals surface area contributed by atoms with Crippen molar-refractivity contribution in [2.45, 2.75) is 32.0 Å². The van der Waals surface area contributed by atoms with E-state index in [4.69, 9.17) is 0 Å². The van der Waals surface area contributed by atoms with Crippen LogP contribution in [0.15, 0.2) is 18.2 Å². The Balaban J connectivity index is 2.53. The number of halogens is 3. The molecule has 0 saturated heterocycles. The Kier molecular flexibility index (Phi) is 3.76. The molecule has 0 fully saturated rings. The van der Waals surface area contributed by atoms with E-state index in [2.05, 4.69) is 5.32 Å². The van der Waals surface area contributed by atoms with Crippen LogP contribution >= 0.6 is 0 Å². The van der Waals surface area contributed by atoms with E-state index in [9.17, 15) is 13.2 Å². The molecule has 19 heavy (non-hydrogen) atoms. The topological polar surface area (TPSA) is 15.3 Å². The van der Waals surface area contributed by atoms with Crippen LogP contribution in [0, 0.1) is 0 Å². The molecular weight excluding hydrogens is 253 g/mol. The number of benzene rings is 1. The van der Waals surface area contributed by atoms with Crippen LogP contribution < -0.4 is 10.2 Å². The minimum Gasteiger partial charge on any atom is -0.368 e. The number of alkyl halides is 3. The number of fused-ring (bicyclic) bond motifs is 1. The zero-order chi connectivity index (χ0) is 14.2. The third-order valence-electron chi connectivity index (χ3n) is 3.60. The van der Waals surface area contributed by atoms with Gasteiger partial charge in [-0.2, -0.15) is 13.2 Å².